The number of ether oxygens (including phenoxy) is 1. The number of aliphatic hydroxyl groups excluding tert-OH is 1. The van der Waals surface area contributed by atoms with E-state index in [9.17, 15) is 10.4 Å². The third-order valence-electron chi connectivity index (χ3n) is 4.61. The van der Waals surface area contributed by atoms with Crippen molar-refractivity contribution < 1.29 is 9.84 Å². The van der Waals surface area contributed by atoms with Gasteiger partial charge in [-0.2, -0.15) is 5.26 Å². The first-order valence-corrected chi connectivity index (χ1v) is 8.77. The minimum absolute atomic E-state index is 0.0233. The van der Waals surface area contributed by atoms with Gasteiger partial charge in [-0.25, -0.2) is 0 Å². The Morgan fingerprint density at radius 3 is 2.68 bits per heavy atom. The fourth-order valence-electron chi connectivity index (χ4n) is 3.44. The second-order valence-corrected chi connectivity index (χ2v) is 6.80. The van der Waals surface area contributed by atoms with Gasteiger partial charge in [-0.15, -0.1) is 0 Å². The topological polar surface area (TPSA) is 65.3 Å². The lowest BCUT2D eigenvalue weighted by molar-refractivity contribution is 0.110. The zero-order valence-electron chi connectivity index (χ0n) is 14.7. The molecule has 0 fully saturated rings. The number of fused-ring (bicyclic) bond motifs is 1. The molecule has 0 aromatic heterocycles. The van der Waals surface area contributed by atoms with Crippen LogP contribution in [0.3, 0.4) is 0 Å². The molecule has 0 saturated heterocycles. The van der Waals surface area contributed by atoms with Crippen LogP contribution in [0.4, 0.5) is 0 Å². The summed E-state index contributed by atoms with van der Waals surface area (Å²) >= 11 is 0. The molecule has 0 saturated carbocycles. The molecule has 3 rings (SSSR count). The van der Waals surface area contributed by atoms with Crippen LogP contribution in [0, 0.1) is 11.3 Å². The minimum atomic E-state index is -0.596. The van der Waals surface area contributed by atoms with Gasteiger partial charge in [-0.3, -0.25) is 0 Å². The van der Waals surface area contributed by atoms with Crippen LogP contribution >= 0.6 is 0 Å². The summed E-state index contributed by atoms with van der Waals surface area (Å²) in [6, 6.07) is 16.2. The van der Waals surface area contributed by atoms with Crippen molar-refractivity contribution in [2.75, 3.05) is 0 Å². The molecule has 1 aliphatic rings. The summed E-state index contributed by atoms with van der Waals surface area (Å²) in [4.78, 5) is 0. The minimum Gasteiger partial charge on any atom is -0.488 e. The third kappa shape index (κ3) is 3.84. The summed E-state index contributed by atoms with van der Waals surface area (Å²) in [5, 5.41) is 23.7. The smallest absolute Gasteiger partial charge is 0.137 e. The van der Waals surface area contributed by atoms with Gasteiger partial charge in [-0.05, 0) is 35.6 Å². The monoisotopic (exact) mass is 336 g/mol. The lowest BCUT2D eigenvalue weighted by atomic mass is 9.83. The summed E-state index contributed by atoms with van der Waals surface area (Å²) in [6.07, 6.45) is 0.979. The molecule has 2 N–H and O–H groups in total. The van der Waals surface area contributed by atoms with E-state index in [1.54, 1.807) is 6.07 Å². The first kappa shape index (κ1) is 17.5. The van der Waals surface area contributed by atoms with Crippen molar-refractivity contribution in [2.45, 2.75) is 51.5 Å². The van der Waals surface area contributed by atoms with Gasteiger partial charge in [0.05, 0.1) is 11.7 Å². The standard InChI is InChI=1S/C21H24N2O2/c1-14(2)23-19-10-8-16-17(21(19)24)9-11-20(18(16)12-22)25-13-15-6-4-3-5-7-15/h3-7,9,11,14,19,21,23-24H,8,10,13H2,1-2H3. The van der Waals surface area contributed by atoms with E-state index in [-0.39, 0.29) is 6.04 Å². The second kappa shape index (κ2) is 7.69. The summed E-state index contributed by atoms with van der Waals surface area (Å²) in [7, 11) is 0. The number of rotatable bonds is 5. The third-order valence-corrected chi connectivity index (χ3v) is 4.61. The van der Waals surface area contributed by atoms with Crippen molar-refractivity contribution in [3.63, 3.8) is 0 Å². The predicted molar refractivity (Wildman–Crippen MR) is 97.3 cm³/mol. The highest BCUT2D eigenvalue weighted by Crippen LogP contribution is 2.36. The van der Waals surface area contributed by atoms with Crippen LogP contribution in [-0.2, 0) is 13.0 Å². The van der Waals surface area contributed by atoms with Gasteiger partial charge in [0, 0.05) is 12.1 Å². The Kier molecular flexibility index (Phi) is 5.37. The average Bonchev–Trinajstić information content (AvgIpc) is 2.62. The molecule has 0 spiro atoms. The summed E-state index contributed by atoms with van der Waals surface area (Å²) in [5.41, 5.74) is 3.37. The van der Waals surface area contributed by atoms with Crippen LogP contribution in [0.5, 0.6) is 5.75 Å². The Morgan fingerprint density at radius 1 is 1.24 bits per heavy atom. The number of hydrogen-bond donors (Lipinski definition) is 2. The van der Waals surface area contributed by atoms with Gasteiger partial charge in [0.2, 0.25) is 0 Å². The van der Waals surface area contributed by atoms with Crippen molar-refractivity contribution in [1.82, 2.24) is 5.32 Å². The molecule has 130 valence electrons. The summed E-state index contributed by atoms with van der Waals surface area (Å²) < 4.78 is 5.89. The molecular formula is C21H24N2O2. The van der Waals surface area contributed by atoms with Crippen molar-refractivity contribution in [1.29, 1.82) is 5.26 Å². The molecular weight excluding hydrogens is 312 g/mol. The molecule has 25 heavy (non-hydrogen) atoms. The van der Waals surface area contributed by atoms with Gasteiger partial charge in [0.25, 0.3) is 0 Å². The molecule has 0 amide bonds. The lowest BCUT2D eigenvalue weighted by Gasteiger charge is -2.33. The van der Waals surface area contributed by atoms with Crippen molar-refractivity contribution in [3.8, 4) is 11.8 Å². The Hall–Kier alpha value is -2.35. The summed E-state index contributed by atoms with van der Waals surface area (Å²) in [6.45, 7) is 4.57. The fraction of sp³-hybridized carbons (Fsp3) is 0.381. The molecule has 2 aromatic carbocycles. The number of nitriles is 1. The highest BCUT2D eigenvalue weighted by atomic mass is 16.5. The quantitative estimate of drug-likeness (QED) is 0.877. The maximum absolute atomic E-state index is 10.7. The van der Waals surface area contributed by atoms with Crippen LogP contribution in [0.25, 0.3) is 0 Å². The molecule has 4 heteroatoms. The normalized spacial score (nSPS) is 19.3. The Bertz CT molecular complexity index is 765. The van der Waals surface area contributed by atoms with Crippen molar-refractivity contribution in [2.24, 2.45) is 0 Å². The number of aliphatic hydroxyl groups is 1. The van der Waals surface area contributed by atoms with Gasteiger partial charge < -0.3 is 15.2 Å². The van der Waals surface area contributed by atoms with E-state index in [0.717, 1.165) is 29.5 Å². The predicted octanol–water partition coefficient (Wildman–Crippen LogP) is 3.48. The van der Waals surface area contributed by atoms with Crippen LogP contribution in [0.2, 0.25) is 0 Å². The van der Waals surface area contributed by atoms with E-state index < -0.39 is 6.10 Å². The van der Waals surface area contributed by atoms with Crippen LogP contribution in [0.1, 0.15) is 48.6 Å². The number of nitrogens with one attached hydrogen (secondary N) is 1. The maximum atomic E-state index is 10.7. The Labute approximate surface area is 149 Å². The molecule has 0 aliphatic heterocycles. The first-order chi connectivity index (χ1) is 12.1. The van der Waals surface area contributed by atoms with Crippen molar-refractivity contribution in [3.05, 3.63) is 64.7 Å². The molecule has 4 nitrogen and oxygen atoms in total. The largest absolute Gasteiger partial charge is 0.488 e. The van der Waals surface area contributed by atoms with Crippen LogP contribution in [0.15, 0.2) is 42.5 Å². The van der Waals surface area contributed by atoms with Gasteiger partial charge in [0.15, 0.2) is 0 Å². The molecule has 0 bridgehead atoms. The zero-order chi connectivity index (χ0) is 17.8. The van der Waals surface area contributed by atoms with Crippen LogP contribution in [-0.4, -0.2) is 17.2 Å². The SMILES string of the molecule is CC(C)NC1CCc2c(ccc(OCc3ccccc3)c2C#N)C1O. The molecule has 2 unspecified atom stereocenters. The number of hydrogen-bond acceptors (Lipinski definition) is 4. The van der Waals surface area contributed by atoms with Gasteiger partial charge in [-0.1, -0.05) is 50.2 Å². The van der Waals surface area contributed by atoms with Gasteiger partial charge >= 0.3 is 0 Å². The molecule has 2 atom stereocenters. The zero-order valence-corrected chi connectivity index (χ0v) is 14.7. The first-order valence-electron chi connectivity index (χ1n) is 8.77. The Balaban J connectivity index is 1.83. The van der Waals surface area contributed by atoms with E-state index in [1.165, 1.54) is 0 Å². The molecule has 1 aliphatic carbocycles. The maximum Gasteiger partial charge on any atom is 0.137 e. The highest BCUT2D eigenvalue weighted by Gasteiger charge is 2.30. The fourth-order valence-corrected chi connectivity index (χ4v) is 3.44. The van der Waals surface area contributed by atoms with E-state index in [4.69, 9.17) is 4.74 Å². The van der Waals surface area contributed by atoms with E-state index in [1.807, 2.05) is 36.4 Å². The molecule has 2 aromatic rings. The average molecular weight is 336 g/mol. The molecule has 0 radical (unpaired) electrons. The number of nitrogens with zero attached hydrogens (tertiary/aromatic N) is 1. The van der Waals surface area contributed by atoms with Crippen molar-refractivity contribution >= 4 is 0 Å². The lowest BCUT2D eigenvalue weighted by Crippen LogP contribution is -2.42. The Morgan fingerprint density at radius 2 is 2.00 bits per heavy atom. The number of benzene rings is 2. The molecule has 0 heterocycles. The van der Waals surface area contributed by atoms with Gasteiger partial charge in [0.1, 0.15) is 18.4 Å². The second-order valence-electron chi connectivity index (χ2n) is 6.80. The highest BCUT2D eigenvalue weighted by molar-refractivity contribution is 5.54. The summed E-state index contributed by atoms with van der Waals surface area (Å²) in [5.74, 6) is 0.590. The van der Waals surface area contributed by atoms with E-state index in [2.05, 4.69) is 25.2 Å². The van der Waals surface area contributed by atoms with E-state index >= 15 is 0 Å². The van der Waals surface area contributed by atoms with E-state index in [0.29, 0.717) is 24.0 Å². The van der Waals surface area contributed by atoms with Crippen LogP contribution < -0.4 is 10.1 Å².